The van der Waals surface area contributed by atoms with Gasteiger partial charge in [0.05, 0.1) is 18.6 Å². The molecule has 1 aromatic carbocycles. The molecule has 1 aromatic heterocycles. The number of pyridine rings is 1. The summed E-state index contributed by atoms with van der Waals surface area (Å²) < 4.78 is 42.1. The number of carboxylic acids is 1. The Labute approximate surface area is 161 Å². The van der Waals surface area contributed by atoms with E-state index < -0.39 is 18.6 Å². The van der Waals surface area contributed by atoms with Crippen LogP contribution in [-0.4, -0.2) is 28.8 Å². The van der Waals surface area contributed by atoms with Gasteiger partial charge in [0.2, 0.25) is 0 Å². The van der Waals surface area contributed by atoms with Gasteiger partial charge in [-0.05, 0) is 72.9 Å². The van der Waals surface area contributed by atoms with Crippen molar-refractivity contribution in [3.63, 3.8) is 0 Å². The lowest BCUT2D eigenvalue weighted by Crippen LogP contribution is -2.14. The van der Waals surface area contributed by atoms with Gasteiger partial charge < -0.3 is 9.84 Å². The Bertz CT molecular complexity index is 836. The minimum Gasteiger partial charge on any atom is -0.493 e. The molecular formula is C21H22F3NO3. The number of alkyl halides is 3. The number of carbonyl (C=O) groups is 1. The monoisotopic (exact) mass is 393 g/mol. The first-order valence-corrected chi connectivity index (χ1v) is 9.32. The largest absolute Gasteiger partial charge is 0.493 e. The van der Waals surface area contributed by atoms with Gasteiger partial charge >= 0.3 is 12.1 Å². The molecule has 1 heterocycles. The van der Waals surface area contributed by atoms with Gasteiger partial charge in [-0.2, -0.15) is 13.2 Å². The number of rotatable bonds is 7. The second kappa shape index (κ2) is 8.63. The van der Waals surface area contributed by atoms with Crippen LogP contribution >= 0.6 is 0 Å². The van der Waals surface area contributed by atoms with Crippen LogP contribution in [0.5, 0.6) is 5.75 Å². The highest BCUT2D eigenvalue weighted by Crippen LogP contribution is 2.37. The molecule has 1 atom stereocenters. The van der Waals surface area contributed by atoms with Crippen molar-refractivity contribution in [3.05, 3.63) is 58.9 Å². The third-order valence-corrected chi connectivity index (χ3v) is 5.10. The van der Waals surface area contributed by atoms with Crippen molar-refractivity contribution >= 4 is 5.97 Å². The number of benzene rings is 1. The van der Waals surface area contributed by atoms with Gasteiger partial charge in [-0.25, -0.2) is 4.79 Å². The van der Waals surface area contributed by atoms with E-state index in [9.17, 15) is 23.1 Å². The molecule has 7 heteroatoms. The molecule has 0 aliphatic heterocycles. The Kier molecular flexibility index (Phi) is 6.21. The van der Waals surface area contributed by atoms with Crippen LogP contribution in [0, 0.1) is 0 Å². The summed E-state index contributed by atoms with van der Waals surface area (Å²) in [6, 6.07) is 7.01. The zero-order valence-corrected chi connectivity index (χ0v) is 15.3. The summed E-state index contributed by atoms with van der Waals surface area (Å²) in [7, 11) is 0. The zero-order valence-electron chi connectivity index (χ0n) is 15.3. The fourth-order valence-electron chi connectivity index (χ4n) is 3.73. The minimum absolute atomic E-state index is 0.277. The maximum atomic E-state index is 12.3. The molecule has 0 fully saturated rings. The van der Waals surface area contributed by atoms with Gasteiger partial charge in [0.25, 0.3) is 0 Å². The zero-order chi connectivity index (χ0) is 20.1. The van der Waals surface area contributed by atoms with Gasteiger partial charge in [0.15, 0.2) is 0 Å². The van der Waals surface area contributed by atoms with E-state index >= 15 is 0 Å². The maximum Gasteiger partial charge on any atom is 0.392 e. The van der Waals surface area contributed by atoms with E-state index in [-0.39, 0.29) is 18.1 Å². The van der Waals surface area contributed by atoms with Crippen molar-refractivity contribution in [2.45, 2.75) is 50.6 Å². The fraction of sp³-hybridized carbons (Fsp3) is 0.429. The highest BCUT2D eigenvalue weighted by Gasteiger charge is 2.27. The molecule has 1 N–H and O–H groups in total. The molecule has 4 nitrogen and oxygen atoms in total. The SMILES string of the molecule is O=C(O)c1ccncc1CCC1CCCc2cc(OCCC(F)(F)F)ccc21. The van der Waals surface area contributed by atoms with E-state index in [2.05, 4.69) is 4.98 Å². The number of hydrogen-bond acceptors (Lipinski definition) is 3. The van der Waals surface area contributed by atoms with Crippen LogP contribution in [0.25, 0.3) is 0 Å². The van der Waals surface area contributed by atoms with E-state index in [0.29, 0.717) is 17.7 Å². The Balaban J connectivity index is 1.66. The highest BCUT2D eigenvalue weighted by atomic mass is 19.4. The van der Waals surface area contributed by atoms with Crippen LogP contribution in [0.4, 0.5) is 13.2 Å². The summed E-state index contributed by atoms with van der Waals surface area (Å²) in [5, 5.41) is 9.30. The Morgan fingerprint density at radius 3 is 2.86 bits per heavy atom. The summed E-state index contributed by atoms with van der Waals surface area (Å²) in [6.45, 7) is -0.384. The molecule has 0 saturated carbocycles. The molecule has 0 amide bonds. The first-order chi connectivity index (χ1) is 13.3. The number of aromatic carboxylic acids is 1. The van der Waals surface area contributed by atoms with Gasteiger partial charge in [0, 0.05) is 12.4 Å². The predicted octanol–water partition coefficient (Wildman–Crippen LogP) is 5.16. The van der Waals surface area contributed by atoms with Gasteiger partial charge in [0.1, 0.15) is 5.75 Å². The summed E-state index contributed by atoms with van der Waals surface area (Å²) >= 11 is 0. The topological polar surface area (TPSA) is 59.4 Å². The van der Waals surface area contributed by atoms with Gasteiger partial charge in [-0.3, -0.25) is 4.98 Å². The standard InChI is InChI=1S/C21H22F3NO3/c22-21(23,24)9-11-28-17-6-7-18-14(2-1-3-15(18)12-17)4-5-16-13-25-10-8-19(16)20(26)27/h6-8,10,12-14H,1-5,9,11H2,(H,26,27). The van der Waals surface area contributed by atoms with Gasteiger partial charge in [-0.15, -0.1) is 0 Å². The lowest BCUT2D eigenvalue weighted by atomic mass is 9.79. The molecule has 0 radical (unpaired) electrons. The number of halogens is 3. The van der Waals surface area contributed by atoms with Crippen molar-refractivity contribution in [1.29, 1.82) is 0 Å². The Hall–Kier alpha value is -2.57. The Morgan fingerprint density at radius 1 is 1.29 bits per heavy atom. The molecule has 3 rings (SSSR count). The van der Waals surface area contributed by atoms with E-state index in [1.54, 1.807) is 12.3 Å². The van der Waals surface area contributed by atoms with Crippen LogP contribution in [0.1, 0.15) is 58.6 Å². The molecular weight excluding hydrogens is 371 g/mol. The normalized spacial score (nSPS) is 16.5. The summed E-state index contributed by atoms with van der Waals surface area (Å²) in [5.41, 5.74) is 3.27. The number of aromatic nitrogens is 1. The lowest BCUT2D eigenvalue weighted by molar-refractivity contribution is -0.139. The highest BCUT2D eigenvalue weighted by molar-refractivity contribution is 5.89. The molecule has 1 unspecified atom stereocenters. The molecule has 1 aliphatic carbocycles. The van der Waals surface area contributed by atoms with E-state index in [1.165, 1.54) is 17.8 Å². The lowest BCUT2D eigenvalue weighted by Gasteiger charge is -2.26. The minimum atomic E-state index is -4.22. The number of fused-ring (bicyclic) bond motifs is 1. The van der Waals surface area contributed by atoms with Crippen molar-refractivity contribution in [3.8, 4) is 5.75 Å². The number of carboxylic acid groups (broad SMARTS) is 1. The van der Waals surface area contributed by atoms with Gasteiger partial charge in [-0.1, -0.05) is 6.07 Å². The van der Waals surface area contributed by atoms with Crippen molar-refractivity contribution in [2.24, 2.45) is 0 Å². The second-order valence-corrected chi connectivity index (χ2v) is 7.04. The van der Waals surface area contributed by atoms with Crippen LogP contribution in [0.2, 0.25) is 0 Å². The molecule has 2 aromatic rings. The molecule has 1 aliphatic rings. The summed E-state index contributed by atoms with van der Waals surface area (Å²) in [4.78, 5) is 15.4. The smallest absolute Gasteiger partial charge is 0.392 e. The third kappa shape index (κ3) is 5.24. The average Bonchev–Trinajstić information content (AvgIpc) is 2.65. The second-order valence-electron chi connectivity index (χ2n) is 7.04. The quantitative estimate of drug-likeness (QED) is 0.706. The number of nitrogens with zero attached hydrogens (tertiary/aromatic N) is 1. The van der Waals surface area contributed by atoms with E-state index in [1.807, 2.05) is 12.1 Å². The third-order valence-electron chi connectivity index (χ3n) is 5.10. The average molecular weight is 393 g/mol. The van der Waals surface area contributed by atoms with E-state index in [0.717, 1.165) is 31.2 Å². The molecule has 28 heavy (non-hydrogen) atoms. The summed E-state index contributed by atoms with van der Waals surface area (Å²) in [6.07, 6.45) is 2.16. The molecule has 0 bridgehead atoms. The molecule has 0 spiro atoms. The van der Waals surface area contributed by atoms with Crippen LogP contribution in [-0.2, 0) is 12.8 Å². The molecule has 150 valence electrons. The number of aryl methyl sites for hydroxylation is 2. The predicted molar refractivity (Wildman–Crippen MR) is 97.8 cm³/mol. The maximum absolute atomic E-state index is 12.3. The van der Waals surface area contributed by atoms with E-state index in [4.69, 9.17) is 4.74 Å². The van der Waals surface area contributed by atoms with Crippen molar-refractivity contribution in [2.75, 3.05) is 6.61 Å². The number of hydrogen-bond donors (Lipinski definition) is 1. The van der Waals surface area contributed by atoms with Crippen LogP contribution < -0.4 is 4.74 Å². The van der Waals surface area contributed by atoms with Crippen LogP contribution in [0.3, 0.4) is 0 Å². The fourth-order valence-corrected chi connectivity index (χ4v) is 3.73. The van der Waals surface area contributed by atoms with Crippen molar-refractivity contribution < 1.29 is 27.8 Å². The first-order valence-electron chi connectivity index (χ1n) is 9.32. The molecule has 0 saturated heterocycles. The first kappa shape index (κ1) is 20.2. The van der Waals surface area contributed by atoms with Crippen LogP contribution in [0.15, 0.2) is 36.7 Å². The van der Waals surface area contributed by atoms with Crippen molar-refractivity contribution in [1.82, 2.24) is 4.98 Å². The summed E-state index contributed by atoms with van der Waals surface area (Å²) in [5.74, 6) is -0.207. The number of ether oxygens (including phenoxy) is 1. The Morgan fingerprint density at radius 2 is 2.11 bits per heavy atom.